The lowest BCUT2D eigenvalue weighted by atomic mass is 10.0. The van der Waals surface area contributed by atoms with E-state index in [1.165, 1.54) is 0 Å². The first-order valence-corrected chi connectivity index (χ1v) is 9.64. The van der Waals surface area contributed by atoms with E-state index < -0.39 is 0 Å². The molecule has 0 unspecified atom stereocenters. The van der Waals surface area contributed by atoms with Gasteiger partial charge >= 0.3 is 0 Å². The molecule has 27 heavy (non-hydrogen) atoms. The molecule has 2 aromatic carbocycles. The lowest BCUT2D eigenvalue weighted by molar-refractivity contribution is -0.113. The highest BCUT2D eigenvalue weighted by molar-refractivity contribution is 9.10. The first kappa shape index (κ1) is 19.2. The molecule has 5 heteroatoms. The maximum Gasteiger partial charge on any atom is 0.258 e. The van der Waals surface area contributed by atoms with Gasteiger partial charge in [-0.05, 0) is 52.2 Å². The summed E-state index contributed by atoms with van der Waals surface area (Å²) in [6, 6.07) is 11.7. The van der Waals surface area contributed by atoms with Gasteiger partial charge in [-0.3, -0.25) is 4.79 Å². The molecular weight excluding hydrogens is 406 g/mol. The number of benzene rings is 2. The van der Waals surface area contributed by atoms with Crippen molar-refractivity contribution in [1.82, 2.24) is 0 Å². The van der Waals surface area contributed by atoms with Crippen LogP contribution < -0.4 is 14.4 Å². The number of fused-ring (bicyclic) bond motifs is 1. The van der Waals surface area contributed by atoms with Crippen molar-refractivity contribution in [2.75, 3.05) is 25.2 Å². The molecule has 0 aromatic heterocycles. The van der Waals surface area contributed by atoms with Crippen molar-refractivity contribution in [3.05, 3.63) is 64.7 Å². The second-order valence-corrected chi connectivity index (χ2v) is 7.02. The minimum absolute atomic E-state index is 0.0279. The topological polar surface area (TPSA) is 38.8 Å². The molecule has 0 N–H and O–H groups in total. The molecule has 0 spiro atoms. The predicted molar refractivity (Wildman–Crippen MR) is 113 cm³/mol. The van der Waals surface area contributed by atoms with Crippen LogP contribution in [0.15, 0.2) is 53.5 Å². The predicted octanol–water partition coefficient (Wildman–Crippen LogP) is 5.32. The van der Waals surface area contributed by atoms with E-state index in [1.807, 2.05) is 47.4 Å². The molecule has 4 nitrogen and oxygen atoms in total. The molecule has 0 fully saturated rings. The first-order chi connectivity index (χ1) is 13.1. The van der Waals surface area contributed by atoms with Crippen LogP contribution in [-0.4, -0.2) is 26.2 Å². The van der Waals surface area contributed by atoms with Crippen LogP contribution in [0.2, 0.25) is 0 Å². The van der Waals surface area contributed by atoms with Crippen LogP contribution in [0.4, 0.5) is 5.69 Å². The van der Waals surface area contributed by atoms with Crippen LogP contribution >= 0.6 is 15.9 Å². The molecule has 140 valence electrons. The van der Waals surface area contributed by atoms with E-state index in [0.717, 1.165) is 27.7 Å². The highest BCUT2D eigenvalue weighted by Gasteiger charge is 2.31. The zero-order chi connectivity index (χ0) is 19.4. The third kappa shape index (κ3) is 3.78. The lowest BCUT2D eigenvalue weighted by Gasteiger charge is -2.15. The number of ether oxygens (including phenoxy) is 2. The number of anilines is 1. The SMILES string of the molecule is C=CCOc1c(Br)cc(/C=C2\C(=O)N(CCC)c3ccccc32)cc1OC. The lowest BCUT2D eigenvalue weighted by Crippen LogP contribution is -2.26. The fourth-order valence-electron chi connectivity index (χ4n) is 3.16. The van der Waals surface area contributed by atoms with Crippen molar-refractivity contribution in [2.24, 2.45) is 0 Å². The molecule has 3 rings (SSSR count). The molecule has 2 aromatic rings. The first-order valence-electron chi connectivity index (χ1n) is 8.84. The minimum Gasteiger partial charge on any atom is -0.493 e. The van der Waals surface area contributed by atoms with Crippen LogP contribution in [-0.2, 0) is 4.79 Å². The van der Waals surface area contributed by atoms with Gasteiger partial charge in [0.2, 0.25) is 0 Å². The van der Waals surface area contributed by atoms with E-state index in [9.17, 15) is 4.79 Å². The number of carbonyl (C=O) groups is 1. The fraction of sp³-hybridized carbons (Fsp3) is 0.227. The third-order valence-corrected chi connectivity index (χ3v) is 4.91. The van der Waals surface area contributed by atoms with Crippen molar-refractivity contribution < 1.29 is 14.3 Å². The molecular formula is C22H22BrNO3. The normalized spacial score (nSPS) is 14.4. The summed E-state index contributed by atoms with van der Waals surface area (Å²) in [5.74, 6) is 1.24. The Morgan fingerprint density at radius 3 is 2.74 bits per heavy atom. The summed E-state index contributed by atoms with van der Waals surface area (Å²) in [5, 5.41) is 0. The second-order valence-electron chi connectivity index (χ2n) is 6.17. The van der Waals surface area contributed by atoms with Crippen LogP contribution in [0.25, 0.3) is 11.6 Å². The molecule has 0 bridgehead atoms. The molecule has 0 radical (unpaired) electrons. The van der Waals surface area contributed by atoms with E-state index >= 15 is 0 Å². The number of methoxy groups -OCH3 is 1. The molecule has 1 amide bonds. The number of halogens is 1. The van der Waals surface area contributed by atoms with E-state index in [-0.39, 0.29) is 5.91 Å². The Hall–Kier alpha value is -2.53. The maximum absolute atomic E-state index is 13.0. The van der Waals surface area contributed by atoms with E-state index in [2.05, 4.69) is 29.4 Å². The Labute approximate surface area is 168 Å². The maximum atomic E-state index is 13.0. The molecule has 1 aliphatic heterocycles. The number of para-hydroxylation sites is 1. The molecule has 1 heterocycles. The summed E-state index contributed by atoms with van der Waals surface area (Å²) in [5.41, 5.74) is 3.47. The highest BCUT2D eigenvalue weighted by atomic mass is 79.9. The van der Waals surface area contributed by atoms with E-state index in [0.29, 0.717) is 30.2 Å². The quantitative estimate of drug-likeness (QED) is 0.443. The summed E-state index contributed by atoms with van der Waals surface area (Å²) in [6.07, 6.45) is 4.49. The van der Waals surface area contributed by atoms with Gasteiger partial charge in [0.05, 0.1) is 17.3 Å². The summed E-state index contributed by atoms with van der Waals surface area (Å²) in [4.78, 5) is 14.8. The van der Waals surface area contributed by atoms with Gasteiger partial charge in [-0.15, -0.1) is 0 Å². The van der Waals surface area contributed by atoms with Crippen LogP contribution in [0, 0.1) is 0 Å². The Kier molecular flexibility index (Phi) is 6.01. The number of carbonyl (C=O) groups excluding carboxylic acids is 1. The average Bonchev–Trinajstić information content (AvgIpc) is 2.93. The van der Waals surface area contributed by atoms with Crippen molar-refractivity contribution >= 4 is 39.2 Å². The number of nitrogens with zero attached hydrogens (tertiary/aromatic N) is 1. The van der Waals surface area contributed by atoms with Gasteiger partial charge in [-0.25, -0.2) is 0 Å². The average molecular weight is 428 g/mol. The number of amides is 1. The standard InChI is InChI=1S/C22H22BrNO3/c1-4-10-24-19-9-7-6-8-16(19)17(22(24)25)12-15-13-18(23)21(27-11-5-2)20(14-15)26-3/h5-9,12-14H,2,4,10-11H2,1,3H3/b17-12-. The van der Waals surface area contributed by atoms with Crippen molar-refractivity contribution in [2.45, 2.75) is 13.3 Å². The zero-order valence-corrected chi connectivity index (χ0v) is 17.1. The Balaban J connectivity index is 2.05. The van der Waals surface area contributed by atoms with Gasteiger partial charge in [0, 0.05) is 17.7 Å². The molecule has 0 saturated heterocycles. The number of hydrogen-bond acceptors (Lipinski definition) is 3. The third-order valence-electron chi connectivity index (χ3n) is 4.32. The van der Waals surface area contributed by atoms with Gasteiger partial charge in [0.1, 0.15) is 6.61 Å². The zero-order valence-electron chi connectivity index (χ0n) is 15.5. The minimum atomic E-state index is 0.0279. The van der Waals surface area contributed by atoms with Crippen LogP contribution in [0.3, 0.4) is 0 Å². The van der Waals surface area contributed by atoms with Crippen molar-refractivity contribution in [3.8, 4) is 11.5 Å². The summed E-state index contributed by atoms with van der Waals surface area (Å²) in [7, 11) is 1.60. The Bertz CT molecular complexity index is 904. The van der Waals surface area contributed by atoms with Crippen LogP contribution in [0.5, 0.6) is 11.5 Å². The summed E-state index contributed by atoms with van der Waals surface area (Å²) < 4.78 is 11.9. The highest BCUT2D eigenvalue weighted by Crippen LogP contribution is 2.40. The second kappa shape index (κ2) is 8.44. The van der Waals surface area contributed by atoms with Gasteiger partial charge in [-0.1, -0.05) is 37.8 Å². The monoisotopic (exact) mass is 427 g/mol. The van der Waals surface area contributed by atoms with Gasteiger partial charge < -0.3 is 14.4 Å². The molecule has 0 atom stereocenters. The largest absolute Gasteiger partial charge is 0.493 e. The van der Waals surface area contributed by atoms with Gasteiger partial charge in [-0.2, -0.15) is 0 Å². The van der Waals surface area contributed by atoms with Crippen molar-refractivity contribution in [3.63, 3.8) is 0 Å². The Morgan fingerprint density at radius 2 is 2.04 bits per heavy atom. The smallest absolute Gasteiger partial charge is 0.258 e. The fourth-order valence-corrected chi connectivity index (χ4v) is 3.74. The van der Waals surface area contributed by atoms with Crippen LogP contribution in [0.1, 0.15) is 24.5 Å². The number of hydrogen-bond donors (Lipinski definition) is 0. The number of rotatable bonds is 7. The van der Waals surface area contributed by atoms with E-state index in [1.54, 1.807) is 13.2 Å². The van der Waals surface area contributed by atoms with E-state index in [4.69, 9.17) is 9.47 Å². The summed E-state index contributed by atoms with van der Waals surface area (Å²) in [6.45, 7) is 6.82. The van der Waals surface area contributed by atoms with Gasteiger partial charge in [0.25, 0.3) is 5.91 Å². The summed E-state index contributed by atoms with van der Waals surface area (Å²) >= 11 is 3.54. The van der Waals surface area contributed by atoms with Gasteiger partial charge in [0.15, 0.2) is 11.5 Å². The van der Waals surface area contributed by atoms with Crippen molar-refractivity contribution in [1.29, 1.82) is 0 Å². The molecule has 0 saturated carbocycles. The molecule has 0 aliphatic carbocycles. The molecule has 1 aliphatic rings. The Morgan fingerprint density at radius 1 is 1.26 bits per heavy atom.